The van der Waals surface area contributed by atoms with Crippen molar-refractivity contribution in [2.45, 2.75) is 49.4 Å². The molecule has 0 unspecified atom stereocenters. The van der Waals surface area contributed by atoms with Crippen molar-refractivity contribution in [2.24, 2.45) is 17.8 Å². The predicted octanol–water partition coefficient (Wildman–Crippen LogP) is 13.5. The van der Waals surface area contributed by atoms with Gasteiger partial charge in [-0.05, 0) is 119 Å². The van der Waals surface area contributed by atoms with Gasteiger partial charge in [0.15, 0.2) is 11.6 Å². The highest BCUT2D eigenvalue weighted by Gasteiger charge is 2.54. The second kappa shape index (κ2) is 12.9. The number of ether oxygens (including phenoxy) is 1. The van der Waals surface area contributed by atoms with Gasteiger partial charge in [0.2, 0.25) is 0 Å². The van der Waals surface area contributed by atoms with Gasteiger partial charge in [0.25, 0.3) is 0 Å². The molecule has 6 aliphatic rings. The van der Waals surface area contributed by atoms with Crippen LogP contribution in [0.2, 0.25) is 0 Å². The van der Waals surface area contributed by atoms with Crippen molar-refractivity contribution in [3.8, 4) is 67.7 Å². The van der Waals surface area contributed by atoms with Crippen molar-refractivity contribution in [1.82, 2.24) is 15.0 Å². The molecule has 2 heterocycles. The summed E-state index contributed by atoms with van der Waals surface area (Å²) < 4.78 is 6.64. The first-order valence-corrected chi connectivity index (χ1v) is 21.8. The third kappa shape index (κ3) is 5.00. The van der Waals surface area contributed by atoms with Crippen LogP contribution in [-0.2, 0) is 10.8 Å². The van der Waals surface area contributed by atoms with Gasteiger partial charge in [0.1, 0.15) is 17.3 Å². The minimum atomic E-state index is -0.541. The summed E-state index contributed by atoms with van der Waals surface area (Å²) in [5.41, 5.74) is 13.6. The average molecular weight is 774 g/mol. The zero-order chi connectivity index (χ0) is 39.4. The van der Waals surface area contributed by atoms with Gasteiger partial charge in [0.05, 0.1) is 5.41 Å². The molecular weight excluding hydrogens is 731 g/mol. The zero-order valence-corrected chi connectivity index (χ0v) is 33.4. The van der Waals surface area contributed by atoms with Crippen molar-refractivity contribution >= 4 is 0 Å². The van der Waals surface area contributed by atoms with Crippen LogP contribution in [0.3, 0.4) is 0 Å². The largest absolute Gasteiger partial charge is 0.457 e. The van der Waals surface area contributed by atoms with Crippen LogP contribution in [0.15, 0.2) is 170 Å². The first-order chi connectivity index (χ1) is 29.6. The van der Waals surface area contributed by atoms with Crippen LogP contribution >= 0.6 is 0 Å². The van der Waals surface area contributed by atoms with E-state index in [1.54, 1.807) is 0 Å². The van der Waals surface area contributed by atoms with E-state index in [2.05, 4.69) is 170 Å². The van der Waals surface area contributed by atoms with Crippen LogP contribution in [-0.4, -0.2) is 15.0 Å². The van der Waals surface area contributed by atoms with Crippen molar-refractivity contribution in [1.29, 1.82) is 0 Å². The van der Waals surface area contributed by atoms with Crippen molar-refractivity contribution < 1.29 is 4.74 Å². The highest BCUT2D eigenvalue weighted by molar-refractivity contribution is 5.92. The quantitative estimate of drug-likeness (QED) is 0.175. The SMILES string of the molecule is c1ccc(-c2ccc(-c3nc(-c4ccccc4-c4ccc5c(c4)C4(c6ccccc6Oc6ccccc64)c4ccccc4-5)nc(C45CC6CC(CC(C6)C4)C5)n3)cc2)cc1. The molecule has 60 heavy (non-hydrogen) atoms. The van der Waals surface area contributed by atoms with Crippen LogP contribution < -0.4 is 4.74 Å². The number of fused-ring (bicyclic) bond motifs is 9. The first kappa shape index (κ1) is 34.2. The summed E-state index contributed by atoms with van der Waals surface area (Å²) in [6.45, 7) is 0. The van der Waals surface area contributed by atoms with Crippen molar-refractivity contribution in [2.75, 3.05) is 0 Å². The minimum absolute atomic E-state index is 0.00960. The molecule has 1 spiro atoms. The lowest BCUT2D eigenvalue weighted by Gasteiger charge is -2.56. The minimum Gasteiger partial charge on any atom is -0.457 e. The Hall–Kier alpha value is -6.65. The van der Waals surface area contributed by atoms with Gasteiger partial charge in [0, 0.05) is 27.7 Å². The van der Waals surface area contributed by atoms with Crippen LogP contribution in [0, 0.1) is 17.8 Å². The number of rotatable bonds is 5. The number of para-hydroxylation sites is 2. The standard InChI is InChI=1S/C56H43N3O/c1-2-12-38(13-3-1)39-22-24-40(25-23-39)52-57-53(59-54(58-52)55-32-35-28-36(33-55)30-37(29-35)34-55)45-16-5-4-14-42(45)41-26-27-44-43-15-6-7-17-46(43)56(49(44)31-41)47-18-8-10-20-50(47)60-51-21-11-9-19-48(51)56/h1-27,31,35-37H,28-30,32-34H2. The normalized spacial score (nSPS) is 22.1. The van der Waals surface area contributed by atoms with E-state index >= 15 is 0 Å². The van der Waals surface area contributed by atoms with E-state index in [0.717, 1.165) is 69.0 Å². The molecule has 4 bridgehead atoms. The number of aromatic nitrogens is 3. The summed E-state index contributed by atoms with van der Waals surface area (Å²) in [5, 5.41) is 0. The van der Waals surface area contributed by atoms with Gasteiger partial charge in [-0.2, -0.15) is 0 Å². The van der Waals surface area contributed by atoms with Crippen molar-refractivity contribution in [3.05, 3.63) is 198 Å². The fourth-order valence-corrected chi connectivity index (χ4v) is 12.6. The Kier molecular flexibility index (Phi) is 7.37. The lowest BCUT2D eigenvalue weighted by Crippen LogP contribution is -2.49. The average Bonchev–Trinajstić information content (AvgIpc) is 3.59. The van der Waals surface area contributed by atoms with E-state index in [9.17, 15) is 0 Å². The summed E-state index contributed by atoms with van der Waals surface area (Å²) >= 11 is 0. The molecule has 1 aromatic heterocycles. The molecule has 4 heteroatoms. The van der Waals surface area contributed by atoms with Gasteiger partial charge < -0.3 is 4.74 Å². The molecule has 0 radical (unpaired) electrons. The molecule has 14 rings (SSSR count). The molecule has 288 valence electrons. The summed E-state index contributed by atoms with van der Waals surface area (Å²) in [5.74, 6) is 6.66. The van der Waals surface area contributed by atoms with E-state index in [0.29, 0.717) is 0 Å². The Balaban J connectivity index is 0.998. The third-order valence-electron chi connectivity index (χ3n) is 14.7. The number of benzene rings is 7. The molecule has 0 N–H and O–H groups in total. The molecular formula is C56H43N3O. The Morgan fingerprint density at radius 2 is 0.883 bits per heavy atom. The van der Waals surface area contributed by atoms with E-state index in [-0.39, 0.29) is 5.41 Å². The highest BCUT2D eigenvalue weighted by Crippen LogP contribution is 2.63. The monoisotopic (exact) mass is 773 g/mol. The van der Waals surface area contributed by atoms with E-state index < -0.39 is 5.41 Å². The van der Waals surface area contributed by atoms with Gasteiger partial charge >= 0.3 is 0 Å². The molecule has 4 saturated carbocycles. The van der Waals surface area contributed by atoms with Crippen LogP contribution in [0.4, 0.5) is 0 Å². The molecule has 0 amide bonds. The third-order valence-corrected chi connectivity index (χ3v) is 14.7. The van der Waals surface area contributed by atoms with Gasteiger partial charge in [-0.25, -0.2) is 15.0 Å². The second-order valence-corrected chi connectivity index (χ2v) is 18.1. The highest BCUT2D eigenvalue weighted by atomic mass is 16.5. The Bertz CT molecular complexity index is 2920. The zero-order valence-electron chi connectivity index (χ0n) is 33.4. The Morgan fingerprint density at radius 3 is 1.57 bits per heavy atom. The second-order valence-electron chi connectivity index (χ2n) is 18.1. The Labute approximate surface area is 351 Å². The maximum Gasteiger partial charge on any atom is 0.164 e. The molecule has 4 nitrogen and oxygen atoms in total. The topological polar surface area (TPSA) is 47.9 Å². The van der Waals surface area contributed by atoms with Crippen molar-refractivity contribution in [3.63, 3.8) is 0 Å². The lowest BCUT2D eigenvalue weighted by molar-refractivity contribution is -0.00938. The van der Waals surface area contributed by atoms with E-state index in [4.69, 9.17) is 19.7 Å². The Morgan fingerprint density at radius 1 is 0.383 bits per heavy atom. The molecule has 4 fully saturated rings. The van der Waals surface area contributed by atoms with Crippen LogP contribution in [0.25, 0.3) is 56.2 Å². The maximum absolute atomic E-state index is 6.64. The molecule has 1 aliphatic heterocycles. The van der Waals surface area contributed by atoms with E-state index in [1.165, 1.54) is 83.0 Å². The predicted molar refractivity (Wildman–Crippen MR) is 239 cm³/mol. The fraction of sp³-hybridized carbons (Fsp3) is 0.196. The van der Waals surface area contributed by atoms with Gasteiger partial charge in [-0.1, -0.05) is 152 Å². The molecule has 0 saturated heterocycles. The number of nitrogens with zero attached hydrogens (tertiary/aromatic N) is 3. The molecule has 0 atom stereocenters. The molecule has 8 aromatic rings. The van der Waals surface area contributed by atoms with E-state index in [1.807, 2.05) is 0 Å². The summed E-state index contributed by atoms with van der Waals surface area (Å²) in [6, 6.07) is 61.3. The van der Waals surface area contributed by atoms with Gasteiger partial charge in [-0.3, -0.25) is 0 Å². The summed E-state index contributed by atoms with van der Waals surface area (Å²) in [6.07, 6.45) is 7.69. The number of hydrogen-bond acceptors (Lipinski definition) is 4. The summed E-state index contributed by atoms with van der Waals surface area (Å²) in [4.78, 5) is 16.4. The van der Waals surface area contributed by atoms with Gasteiger partial charge in [-0.15, -0.1) is 0 Å². The summed E-state index contributed by atoms with van der Waals surface area (Å²) in [7, 11) is 0. The smallest absolute Gasteiger partial charge is 0.164 e. The maximum atomic E-state index is 6.64. The van der Waals surface area contributed by atoms with Crippen LogP contribution in [0.5, 0.6) is 11.5 Å². The number of hydrogen-bond donors (Lipinski definition) is 0. The first-order valence-electron chi connectivity index (χ1n) is 21.8. The van der Waals surface area contributed by atoms with Crippen LogP contribution in [0.1, 0.15) is 66.6 Å². The molecule has 5 aliphatic carbocycles. The molecule has 7 aromatic carbocycles. The fourth-order valence-electron chi connectivity index (χ4n) is 12.6. The lowest BCUT2D eigenvalue weighted by atomic mass is 9.49.